The van der Waals surface area contributed by atoms with E-state index in [9.17, 15) is 4.79 Å². The molecule has 0 spiro atoms. The zero-order chi connectivity index (χ0) is 15.0. The van der Waals surface area contributed by atoms with Gasteiger partial charge in [-0.1, -0.05) is 26.0 Å². The lowest BCUT2D eigenvalue weighted by Crippen LogP contribution is -2.35. The predicted octanol–water partition coefficient (Wildman–Crippen LogP) is 4.88. The molecule has 3 fully saturated rings. The molecular weight excluding hydrogens is 260 g/mol. The van der Waals surface area contributed by atoms with Crippen molar-refractivity contribution >= 4 is 5.97 Å². The van der Waals surface area contributed by atoms with Crippen LogP contribution in [0.3, 0.4) is 0 Å². The number of carbonyl (C=O) groups excluding carboxylic acids is 1. The lowest BCUT2D eigenvalue weighted by atomic mass is 9.61. The van der Waals surface area contributed by atoms with Crippen LogP contribution in [-0.2, 0) is 9.53 Å². The van der Waals surface area contributed by atoms with Gasteiger partial charge in [-0.3, -0.25) is 4.79 Å². The van der Waals surface area contributed by atoms with Crippen LogP contribution in [0.1, 0.15) is 71.6 Å². The smallest absolute Gasteiger partial charge is 0.306 e. The van der Waals surface area contributed by atoms with Crippen molar-refractivity contribution in [3.05, 3.63) is 12.2 Å². The molecule has 0 aromatic carbocycles. The highest BCUT2D eigenvalue weighted by atomic mass is 16.5. The van der Waals surface area contributed by atoms with Gasteiger partial charge in [0.05, 0.1) is 0 Å². The normalized spacial score (nSPS) is 41.0. The standard InChI is InChI=1S/C19H30O2/c1-13-5-4-12-19(3)16(13)9-10-17(19)14(2)6-7-15-8-11-18(20)21-15/h14-17H,1,4-12H2,2-3H3/t14?,15?,16?,17-,19+/m1/s1. The molecule has 1 aliphatic heterocycles. The minimum atomic E-state index is 0.00382. The van der Waals surface area contributed by atoms with E-state index in [1.165, 1.54) is 44.1 Å². The highest BCUT2D eigenvalue weighted by Gasteiger charge is 2.50. The molecule has 3 aliphatic rings. The molecule has 0 radical (unpaired) electrons. The first-order valence-electron chi connectivity index (χ1n) is 8.88. The van der Waals surface area contributed by atoms with Crippen LogP contribution >= 0.6 is 0 Å². The summed E-state index contributed by atoms with van der Waals surface area (Å²) in [6.07, 6.45) is 10.7. The first-order chi connectivity index (χ1) is 10.0. The van der Waals surface area contributed by atoms with E-state index in [4.69, 9.17) is 4.74 Å². The van der Waals surface area contributed by atoms with Crippen molar-refractivity contribution in [2.24, 2.45) is 23.2 Å². The predicted molar refractivity (Wildman–Crippen MR) is 84.8 cm³/mol. The van der Waals surface area contributed by atoms with Gasteiger partial charge in [0.1, 0.15) is 6.10 Å². The second kappa shape index (κ2) is 5.78. The molecule has 1 heterocycles. The molecule has 2 nitrogen and oxygen atoms in total. The Morgan fingerprint density at radius 2 is 2.14 bits per heavy atom. The van der Waals surface area contributed by atoms with Crippen LogP contribution < -0.4 is 0 Å². The summed E-state index contributed by atoms with van der Waals surface area (Å²) in [5, 5.41) is 0. The maximum Gasteiger partial charge on any atom is 0.306 e. The van der Waals surface area contributed by atoms with Gasteiger partial charge in [-0.25, -0.2) is 0 Å². The Morgan fingerprint density at radius 1 is 1.33 bits per heavy atom. The Balaban J connectivity index is 1.58. The summed E-state index contributed by atoms with van der Waals surface area (Å²) in [5.41, 5.74) is 2.00. The van der Waals surface area contributed by atoms with Gasteiger partial charge in [-0.2, -0.15) is 0 Å². The summed E-state index contributed by atoms with van der Waals surface area (Å²) in [5.74, 6) is 2.34. The van der Waals surface area contributed by atoms with Crippen LogP contribution in [0.15, 0.2) is 12.2 Å². The minimum Gasteiger partial charge on any atom is -0.462 e. The SMILES string of the molecule is C=C1CCC[C@@]2(C)C1CC[C@@H]2C(C)CCC1CCC(=O)O1. The lowest BCUT2D eigenvalue weighted by molar-refractivity contribution is -0.141. The molecule has 0 amide bonds. The van der Waals surface area contributed by atoms with E-state index in [-0.39, 0.29) is 12.1 Å². The van der Waals surface area contributed by atoms with E-state index in [0.717, 1.165) is 30.6 Å². The number of cyclic esters (lactones) is 1. The van der Waals surface area contributed by atoms with Crippen molar-refractivity contribution < 1.29 is 9.53 Å². The van der Waals surface area contributed by atoms with E-state index < -0.39 is 0 Å². The van der Waals surface area contributed by atoms with Gasteiger partial charge >= 0.3 is 5.97 Å². The number of fused-ring (bicyclic) bond motifs is 1. The van der Waals surface area contributed by atoms with E-state index in [0.29, 0.717) is 11.8 Å². The van der Waals surface area contributed by atoms with Crippen LogP contribution in [0.25, 0.3) is 0 Å². The third-order valence-electron chi connectivity index (χ3n) is 6.72. The van der Waals surface area contributed by atoms with Gasteiger partial charge in [0, 0.05) is 6.42 Å². The number of esters is 1. The first kappa shape index (κ1) is 15.1. The molecule has 0 aromatic rings. The number of hydrogen-bond acceptors (Lipinski definition) is 2. The Bertz CT molecular complexity index is 427. The highest BCUT2D eigenvalue weighted by molar-refractivity contribution is 5.71. The number of ether oxygens (including phenoxy) is 1. The molecule has 118 valence electrons. The third-order valence-corrected chi connectivity index (χ3v) is 6.72. The average Bonchev–Trinajstić information content (AvgIpc) is 3.00. The van der Waals surface area contributed by atoms with Gasteiger partial charge in [-0.15, -0.1) is 0 Å². The van der Waals surface area contributed by atoms with Crippen molar-refractivity contribution in [1.82, 2.24) is 0 Å². The lowest BCUT2D eigenvalue weighted by Gasteiger charge is -2.44. The molecule has 21 heavy (non-hydrogen) atoms. The zero-order valence-corrected chi connectivity index (χ0v) is 13.7. The minimum absolute atomic E-state index is 0.00382. The van der Waals surface area contributed by atoms with Crippen LogP contribution in [0.5, 0.6) is 0 Å². The quantitative estimate of drug-likeness (QED) is 0.545. The summed E-state index contributed by atoms with van der Waals surface area (Å²) in [7, 11) is 0. The molecule has 2 saturated carbocycles. The van der Waals surface area contributed by atoms with Gasteiger partial charge < -0.3 is 4.74 Å². The van der Waals surface area contributed by atoms with Crippen molar-refractivity contribution in [1.29, 1.82) is 0 Å². The number of rotatable bonds is 4. The summed E-state index contributed by atoms with van der Waals surface area (Å²) < 4.78 is 5.37. The Kier molecular flexibility index (Phi) is 4.16. The van der Waals surface area contributed by atoms with Crippen molar-refractivity contribution in [3.8, 4) is 0 Å². The molecule has 5 atom stereocenters. The largest absolute Gasteiger partial charge is 0.462 e. The van der Waals surface area contributed by atoms with Crippen molar-refractivity contribution in [2.75, 3.05) is 0 Å². The number of carbonyl (C=O) groups is 1. The first-order valence-corrected chi connectivity index (χ1v) is 8.88. The molecule has 1 saturated heterocycles. The van der Waals surface area contributed by atoms with Crippen LogP contribution in [0, 0.1) is 23.2 Å². The number of hydrogen-bond donors (Lipinski definition) is 0. The maximum absolute atomic E-state index is 11.2. The van der Waals surface area contributed by atoms with Gasteiger partial charge in [-0.05, 0) is 74.5 Å². The van der Waals surface area contributed by atoms with E-state index in [2.05, 4.69) is 20.4 Å². The van der Waals surface area contributed by atoms with Gasteiger partial charge in [0.2, 0.25) is 0 Å². The summed E-state index contributed by atoms with van der Waals surface area (Å²) >= 11 is 0. The zero-order valence-electron chi connectivity index (χ0n) is 13.7. The summed E-state index contributed by atoms with van der Waals surface area (Å²) in [6.45, 7) is 9.30. The molecule has 0 aromatic heterocycles. The average molecular weight is 290 g/mol. The van der Waals surface area contributed by atoms with Gasteiger partial charge in [0.25, 0.3) is 0 Å². The summed E-state index contributed by atoms with van der Waals surface area (Å²) in [4.78, 5) is 11.2. The van der Waals surface area contributed by atoms with Crippen molar-refractivity contribution in [2.45, 2.75) is 77.7 Å². The van der Waals surface area contributed by atoms with Crippen molar-refractivity contribution in [3.63, 3.8) is 0 Å². The van der Waals surface area contributed by atoms with Gasteiger partial charge in [0.15, 0.2) is 0 Å². The second-order valence-corrected chi connectivity index (χ2v) is 7.96. The Morgan fingerprint density at radius 3 is 2.86 bits per heavy atom. The summed E-state index contributed by atoms with van der Waals surface area (Å²) in [6, 6.07) is 0. The molecule has 2 heteroatoms. The molecule has 3 rings (SSSR count). The monoisotopic (exact) mass is 290 g/mol. The third kappa shape index (κ3) is 2.78. The molecular formula is C19H30O2. The van der Waals surface area contributed by atoms with Crippen LogP contribution in [-0.4, -0.2) is 12.1 Å². The molecule has 0 bridgehead atoms. The Hall–Kier alpha value is -0.790. The Labute approximate surface area is 129 Å². The fourth-order valence-electron chi connectivity index (χ4n) is 5.54. The topological polar surface area (TPSA) is 26.3 Å². The van der Waals surface area contributed by atoms with E-state index >= 15 is 0 Å². The molecule has 0 N–H and O–H groups in total. The molecule has 3 unspecified atom stereocenters. The molecule has 2 aliphatic carbocycles. The maximum atomic E-state index is 11.2. The second-order valence-electron chi connectivity index (χ2n) is 7.96. The van der Waals surface area contributed by atoms with Crippen LogP contribution in [0.2, 0.25) is 0 Å². The van der Waals surface area contributed by atoms with E-state index in [1.807, 2.05) is 0 Å². The fourth-order valence-corrected chi connectivity index (χ4v) is 5.54. The number of allylic oxidation sites excluding steroid dienone is 1. The highest BCUT2D eigenvalue weighted by Crippen LogP contribution is 2.59. The fraction of sp³-hybridized carbons (Fsp3) is 0.842. The van der Waals surface area contributed by atoms with Crippen LogP contribution in [0.4, 0.5) is 0 Å². The van der Waals surface area contributed by atoms with E-state index in [1.54, 1.807) is 0 Å².